The van der Waals surface area contributed by atoms with E-state index in [0.717, 1.165) is 19.4 Å². The molecule has 1 aliphatic rings. The van der Waals surface area contributed by atoms with Gasteiger partial charge in [-0.3, -0.25) is 0 Å². The Morgan fingerprint density at radius 3 is 2.45 bits per heavy atom. The standard InChI is InChI=1S/C14H31N3O2S/c1-6-17(13(4)5)20(18,19)16-9-7-8-14(11-16)10-15-12(2)3/h12-15H,6-11H2,1-5H3. The normalized spacial score (nSPS) is 22.1. The minimum atomic E-state index is -3.31. The zero-order valence-electron chi connectivity index (χ0n) is 13.6. The lowest BCUT2D eigenvalue weighted by atomic mass is 9.99. The Balaban J connectivity index is 2.70. The fraction of sp³-hybridized carbons (Fsp3) is 1.00. The van der Waals surface area contributed by atoms with Gasteiger partial charge in [0.1, 0.15) is 0 Å². The van der Waals surface area contributed by atoms with Gasteiger partial charge in [0.2, 0.25) is 0 Å². The Morgan fingerprint density at radius 2 is 1.95 bits per heavy atom. The summed E-state index contributed by atoms with van der Waals surface area (Å²) in [6.07, 6.45) is 2.07. The summed E-state index contributed by atoms with van der Waals surface area (Å²) in [6, 6.07) is 0.462. The van der Waals surface area contributed by atoms with Crippen molar-refractivity contribution in [2.75, 3.05) is 26.2 Å². The van der Waals surface area contributed by atoms with Gasteiger partial charge < -0.3 is 5.32 Å². The predicted octanol–water partition coefficient (Wildman–Crippen LogP) is 1.67. The molecule has 1 heterocycles. The Labute approximate surface area is 124 Å². The number of hydrogen-bond donors (Lipinski definition) is 1. The number of nitrogens with zero attached hydrogens (tertiary/aromatic N) is 2. The molecule has 0 aromatic carbocycles. The van der Waals surface area contributed by atoms with E-state index in [1.807, 2.05) is 20.8 Å². The molecule has 1 rings (SSSR count). The summed E-state index contributed by atoms with van der Waals surface area (Å²) in [5, 5.41) is 3.42. The Hall–Kier alpha value is -0.170. The second kappa shape index (κ2) is 7.73. The fourth-order valence-electron chi connectivity index (χ4n) is 2.75. The monoisotopic (exact) mass is 305 g/mol. The SMILES string of the molecule is CCN(C(C)C)S(=O)(=O)N1CCCC(CNC(C)C)C1. The minimum Gasteiger partial charge on any atom is -0.314 e. The van der Waals surface area contributed by atoms with Gasteiger partial charge in [0, 0.05) is 31.7 Å². The maximum absolute atomic E-state index is 12.7. The van der Waals surface area contributed by atoms with Crippen LogP contribution in [0.15, 0.2) is 0 Å². The molecule has 120 valence electrons. The van der Waals surface area contributed by atoms with Crippen LogP contribution in [0.25, 0.3) is 0 Å². The molecule has 1 N–H and O–H groups in total. The summed E-state index contributed by atoms with van der Waals surface area (Å²) in [6.45, 7) is 12.7. The maximum atomic E-state index is 12.7. The molecule has 0 bridgehead atoms. The number of nitrogens with one attached hydrogen (secondary N) is 1. The maximum Gasteiger partial charge on any atom is 0.282 e. The molecule has 1 fully saturated rings. The van der Waals surface area contributed by atoms with Gasteiger partial charge in [-0.2, -0.15) is 17.0 Å². The van der Waals surface area contributed by atoms with Crippen molar-refractivity contribution in [2.24, 2.45) is 5.92 Å². The van der Waals surface area contributed by atoms with Crippen LogP contribution in [0.5, 0.6) is 0 Å². The van der Waals surface area contributed by atoms with Gasteiger partial charge in [-0.15, -0.1) is 0 Å². The zero-order chi connectivity index (χ0) is 15.3. The van der Waals surface area contributed by atoms with Gasteiger partial charge in [0.15, 0.2) is 0 Å². The van der Waals surface area contributed by atoms with Gasteiger partial charge in [-0.05, 0) is 39.2 Å². The summed E-state index contributed by atoms with van der Waals surface area (Å²) < 4.78 is 28.6. The Kier molecular flexibility index (Phi) is 6.91. The third kappa shape index (κ3) is 4.69. The average Bonchev–Trinajstić information content (AvgIpc) is 2.36. The molecule has 0 saturated carbocycles. The first-order chi connectivity index (χ1) is 9.28. The molecule has 20 heavy (non-hydrogen) atoms. The van der Waals surface area contributed by atoms with Crippen LogP contribution in [0.3, 0.4) is 0 Å². The molecule has 1 atom stereocenters. The highest BCUT2D eigenvalue weighted by Gasteiger charge is 2.33. The fourth-order valence-corrected chi connectivity index (χ4v) is 4.66. The molecule has 1 saturated heterocycles. The van der Waals surface area contributed by atoms with Crippen molar-refractivity contribution in [2.45, 2.75) is 59.5 Å². The topological polar surface area (TPSA) is 52.7 Å². The quantitative estimate of drug-likeness (QED) is 0.778. The molecular weight excluding hydrogens is 274 g/mol. The van der Waals surface area contributed by atoms with E-state index >= 15 is 0 Å². The van der Waals surface area contributed by atoms with Crippen molar-refractivity contribution < 1.29 is 8.42 Å². The average molecular weight is 305 g/mol. The number of piperidine rings is 1. The lowest BCUT2D eigenvalue weighted by Gasteiger charge is -2.36. The molecule has 6 heteroatoms. The van der Waals surface area contributed by atoms with Gasteiger partial charge >= 0.3 is 0 Å². The summed E-state index contributed by atoms with van der Waals surface area (Å²) in [4.78, 5) is 0. The lowest BCUT2D eigenvalue weighted by molar-refractivity contribution is 0.233. The van der Waals surface area contributed by atoms with Gasteiger partial charge in [0.25, 0.3) is 10.2 Å². The minimum absolute atomic E-state index is 0.0131. The molecule has 0 aromatic rings. The third-order valence-corrected chi connectivity index (χ3v) is 6.06. The van der Waals surface area contributed by atoms with Gasteiger partial charge in [0.05, 0.1) is 0 Å². The van der Waals surface area contributed by atoms with E-state index in [1.165, 1.54) is 0 Å². The smallest absolute Gasteiger partial charge is 0.282 e. The van der Waals surface area contributed by atoms with Crippen LogP contribution in [-0.4, -0.2) is 55.3 Å². The van der Waals surface area contributed by atoms with Crippen LogP contribution >= 0.6 is 0 Å². The van der Waals surface area contributed by atoms with Gasteiger partial charge in [-0.1, -0.05) is 20.8 Å². The number of hydrogen-bond acceptors (Lipinski definition) is 3. The molecule has 0 aliphatic carbocycles. The molecule has 0 spiro atoms. The van der Waals surface area contributed by atoms with Crippen molar-refractivity contribution in [3.8, 4) is 0 Å². The first-order valence-electron chi connectivity index (χ1n) is 7.79. The summed E-state index contributed by atoms with van der Waals surface area (Å²) in [5.74, 6) is 0.423. The second-order valence-corrected chi connectivity index (χ2v) is 8.12. The molecule has 5 nitrogen and oxygen atoms in total. The number of rotatable bonds is 7. The first-order valence-corrected chi connectivity index (χ1v) is 9.19. The molecule has 1 unspecified atom stereocenters. The van der Waals surface area contributed by atoms with E-state index in [2.05, 4.69) is 19.2 Å². The van der Waals surface area contributed by atoms with Crippen LogP contribution in [0.2, 0.25) is 0 Å². The van der Waals surface area contributed by atoms with Crippen molar-refractivity contribution in [1.82, 2.24) is 13.9 Å². The Morgan fingerprint density at radius 1 is 1.30 bits per heavy atom. The van der Waals surface area contributed by atoms with Crippen molar-refractivity contribution in [3.05, 3.63) is 0 Å². The van der Waals surface area contributed by atoms with Crippen LogP contribution in [0.4, 0.5) is 0 Å². The highest BCUT2D eigenvalue weighted by Crippen LogP contribution is 2.22. The highest BCUT2D eigenvalue weighted by molar-refractivity contribution is 7.86. The summed E-state index contributed by atoms with van der Waals surface area (Å²) in [5.41, 5.74) is 0. The highest BCUT2D eigenvalue weighted by atomic mass is 32.2. The zero-order valence-corrected chi connectivity index (χ0v) is 14.4. The second-order valence-electron chi connectivity index (χ2n) is 6.23. The summed E-state index contributed by atoms with van der Waals surface area (Å²) >= 11 is 0. The predicted molar refractivity (Wildman–Crippen MR) is 83.9 cm³/mol. The van der Waals surface area contributed by atoms with E-state index in [0.29, 0.717) is 31.6 Å². The molecule has 0 radical (unpaired) electrons. The summed E-state index contributed by atoms with van der Waals surface area (Å²) in [7, 11) is -3.31. The largest absolute Gasteiger partial charge is 0.314 e. The van der Waals surface area contributed by atoms with Crippen molar-refractivity contribution in [3.63, 3.8) is 0 Å². The molecule has 0 amide bonds. The van der Waals surface area contributed by atoms with E-state index in [9.17, 15) is 8.42 Å². The molecule has 0 aromatic heterocycles. The van der Waals surface area contributed by atoms with Gasteiger partial charge in [-0.25, -0.2) is 0 Å². The van der Waals surface area contributed by atoms with E-state index in [4.69, 9.17) is 0 Å². The van der Waals surface area contributed by atoms with E-state index in [-0.39, 0.29) is 6.04 Å². The van der Waals surface area contributed by atoms with E-state index < -0.39 is 10.2 Å². The van der Waals surface area contributed by atoms with Crippen LogP contribution in [0, 0.1) is 5.92 Å². The van der Waals surface area contributed by atoms with Crippen LogP contribution < -0.4 is 5.32 Å². The first kappa shape index (κ1) is 17.9. The third-order valence-electron chi connectivity index (χ3n) is 3.81. The van der Waals surface area contributed by atoms with E-state index in [1.54, 1.807) is 8.61 Å². The molecular formula is C14H31N3O2S. The Bertz CT molecular complexity index is 382. The van der Waals surface area contributed by atoms with Crippen LogP contribution in [0.1, 0.15) is 47.5 Å². The lowest BCUT2D eigenvalue weighted by Crippen LogP contribution is -2.51. The van der Waals surface area contributed by atoms with Crippen LogP contribution in [-0.2, 0) is 10.2 Å². The van der Waals surface area contributed by atoms with Crippen molar-refractivity contribution >= 4 is 10.2 Å². The molecule has 1 aliphatic heterocycles. The van der Waals surface area contributed by atoms with Crippen molar-refractivity contribution in [1.29, 1.82) is 0 Å².